The lowest BCUT2D eigenvalue weighted by Crippen LogP contribution is -2.28. The molecule has 7 nitrogen and oxygen atoms in total. The van der Waals surface area contributed by atoms with Crippen LogP contribution >= 0.6 is 11.6 Å². The molecule has 120 valence electrons. The minimum atomic E-state index is -0.989. The predicted octanol–water partition coefficient (Wildman–Crippen LogP) is 2.29. The van der Waals surface area contributed by atoms with Crippen LogP contribution in [-0.2, 0) is 0 Å². The highest BCUT2D eigenvalue weighted by atomic mass is 35.5. The number of hydrogen-bond donors (Lipinski definition) is 3. The van der Waals surface area contributed by atoms with Gasteiger partial charge in [-0.3, -0.25) is 14.9 Å². The first-order valence-electron chi connectivity index (χ1n) is 6.64. The van der Waals surface area contributed by atoms with Crippen molar-refractivity contribution in [3.05, 3.63) is 68.7 Å². The fourth-order valence-electron chi connectivity index (χ4n) is 1.99. The van der Waals surface area contributed by atoms with Crippen LogP contribution in [0.15, 0.2) is 42.5 Å². The van der Waals surface area contributed by atoms with Crippen LogP contribution in [0.2, 0.25) is 5.02 Å². The van der Waals surface area contributed by atoms with Crippen LogP contribution in [0.25, 0.3) is 0 Å². The summed E-state index contributed by atoms with van der Waals surface area (Å²) in [6, 6.07) is 10.5. The van der Waals surface area contributed by atoms with E-state index in [1.807, 2.05) is 0 Å². The summed E-state index contributed by atoms with van der Waals surface area (Å²) in [5.74, 6) is -0.556. The van der Waals surface area contributed by atoms with Gasteiger partial charge in [0.05, 0.1) is 11.0 Å². The van der Waals surface area contributed by atoms with E-state index >= 15 is 0 Å². The predicted molar refractivity (Wildman–Crippen MR) is 86.3 cm³/mol. The van der Waals surface area contributed by atoms with Gasteiger partial charge < -0.3 is 16.2 Å². The third kappa shape index (κ3) is 3.97. The summed E-state index contributed by atoms with van der Waals surface area (Å²) in [6.45, 7) is -0.0826. The van der Waals surface area contributed by atoms with Crippen molar-refractivity contribution in [2.45, 2.75) is 6.10 Å². The average Bonchev–Trinajstić information content (AvgIpc) is 2.52. The number of hydrogen-bond acceptors (Lipinski definition) is 5. The number of rotatable bonds is 5. The Morgan fingerprint density at radius 2 is 2.04 bits per heavy atom. The molecule has 0 aliphatic rings. The van der Waals surface area contributed by atoms with Crippen LogP contribution < -0.4 is 11.1 Å². The minimum Gasteiger partial charge on any atom is -0.393 e. The maximum Gasteiger partial charge on any atom is 0.292 e. The van der Waals surface area contributed by atoms with Crippen molar-refractivity contribution in [2.24, 2.45) is 0 Å². The first kappa shape index (κ1) is 16.7. The first-order valence-corrected chi connectivity index (χ1v) is 7.02. The Morgan fingerprint density at radius 1 is 1.35 bits per heavy atom. The highest BCUT2D eigenvalue weighted by molar-refractivity contribution is 6.31. The van der Waals surface area contributed by atoms with Crippen molar-refractivity contribution in [2.75, 3.05) is 12.3 Å². The second kappa shape index (κ2) is 7.08. The smallest absolute Gasteiger partial charge is 0.292 e. The number of amides is 1. The third-order valence-electron chi connectivity index (χ3n) is 3.21. The van der Waals surface area contributed by atoms with Crippen molar-refractivity contribution in [3.8, 4) is 0 Å². The van der Waals surface area contributed by atoms with Gasteiger partial charge in [-0.25, -0.2) is 0 Å². The highest BCUT2D eigenvalue weighted by Crippen LogP contribution is 2.23. The number of aliphatic hydroxyl groups excluding tert-OH is 1. The summed E-state index contributed by atoms with van der Waals surface area (Å²) in [6.07, 6.45) is -0.989. The molecular weight excluding hydrogens is 322 g/mol. The quantitative estimate of drug-likeness (QED) is 0.440. The lowest BCUT2D eigenvalue weighted by atomic mass is 10.1. The molecule has 0 radical (unpaired) electrons. The molecule has 1 amide bonds. The lowest BCUT2D eigenvalue weighted by Gasteiger charge is -2.13. The van der Waals surface area contributed by atoms with Crippen molar-refractivity contribution in [1.82, 2.24) is 5.32 Å². The van der Waals surface area contributed by atoms with Gasteiger partial charge in [0.25, 0.3) is 11.6 Å². The molecule has 0 aliphatic carbocycles. The fourth-order valence-corrected chi connectivity index (χ4v) is 2.25. The summed E-state index contributed by atoms with van der Waals surface area (Å²) in [5, 5.41) is 23.8. The largest absolute Gasteiger partial charge is 0.393 e. The van der Waals surface area contributed by atoms with E-state index in [0.717, 1.165) is 6.07 Å². The topological polar surface area (TPSA) is 118 Å². The van der Waals surface area contributed by atoms with Crippen molar-refractivity contribution in [1.29, 1.82) is 0 Å². The summed E-state index contributed by atoms with van der Waals surface area (Å²) >= 11 is 5.96. The van der Waals surface area contributed by atoms with E-state index in [-0.39, 0.29) is 23.5 Å². The molecule has 23 heavy (non-hydrogen) atoms. The van der Waals surface area contributed by atoms with E-state index in [1.54, 1.807) is 24.3 Å². The number of carbonyl (C=O) groups excluding carboxylic acids is 1. The molecule has 0 saturated heterocycles. The molecular formula is C15H14ClN3O4. The average molecular weight is 336 g/mol. The fraction of sp³-hybridized carbons (Fsp3) is 0.133. The van der Waals surface area contributed by atoms with Crippen LogP contribution in [0.4, 0.5) is 11.4 Å². The van der Waals surface area contributed by atoms with Gasteiger partial charge in [-0.1, -0.05) is 29.8 Å². The van der Waals surface area contributed by atoms with E-state index < -0.39 is 16.9 Å². The number of nitrogens with zero attached hydrogens (tertiary/aromatic N) is 1. The molecule has 0 spiro atoms. The van der Waals surface area contributed by atoms with Crippen LogP contribution in [0, 0.1) is 10.1 Å². The number of nitro benzene ring substituents is 1. The van der Waals surface area contributed by atoms with Crippen molar-refractivity contribution < 1.29 is 14.8 Å². The number of nitrogens with one attached hydrogen (secondary N) is 1. The van der Waals surface area contributed by atoms with Gasteiger partial charge in [0.15, 0.2) is 0 Å². The van der Waals surface area contributed by atoms with Gasteiger partial charge in [-0.05, 0) is 18.2 Å². The Morgan fingerprint density at radius 3 is 2.70 bits per heavy atom. The maximum atomic E-state index is 12.0. The molecule has 0 bridgehead atoms. The standard InChI is InChI=1S/C15H14ClN3O4/c16-11-4-2-1-3-10(11)14(20)8-18-15(21)9-5-6-12(17)13(7-9)19(22)23/h1-7,14,20H,8,17H2,(H,18,21). The maximum absolute atomic E-state index is 12.0. The van der Waals surface area contributed by atoms with Crippen molar-refractivity contribution in [3.63, 3.8) is 0 Å². The number of carbonyl (C=O) groups is 1. The molecule has 0 aromatic heterocycles. The Bertz CT molecular complexity index is 751. The molecule has 2 rings (SSSR count). The molecule has 4 N–H and O–H groups in total. The molecule has 2 aromatic rings. The van der Waals surface area contributed by atoms with E-state index in [9.17, 15) is 20.0 Å². The second-order valence-corrected chi connectivity index (χ2v) is 5.19. The number of nitro groups is 1. The molecule has 0 aliphatic heterocycles. The lowest BCUT2D eigenvalue weighted by molar-refractivity contribution is -0.383. The highest BCUT2D eigenvalue weighted by Gasteiger charge is 2.17. The molecule has 8 heteroatoms. The van der Waals surface area contributed by atoms with Crippen molar-refractivity contribution >= 4 is 28.9 Å². The van der Waals surface area contributed by atoms with Gasteiger partial charge >= 0.3 is 0 Å². The van der Waals surface area contributed by atoms with Crippen LogP contribution in [0.3, 0.4) is 0 Å². The van der Waals surface area contributed by atoms with E-state index in [4.69, 9.17) is 17.3 Å². The number of halogens is 1. The SMILES string of the molecule is Nc1ccc(C(=O)NCC(O)c2ccccc2Cl)cc1[N+](=O)[O-]. The van der Waals surface area contributed by atoms with E-state index in [2.05, 4.69) is 5.32 Å². The van der Waals surface area contributed by atoms with Crippen LogP contribution in [-0.4, -0.2) is 22.5 Å². The summed E-state index contributed by atoms with van der Waals surface area (Å²) < 4.78 is 0. The monoisotopic (exact) mass is 335 g/mol. The molecule has 0 saturated carbocycles. The van der Waals surface area contributed by atoms with Gasteiger partial charge in [0.1, 0.15) is 5.69 Å². The first-order chi connectivity index (χ1) is 10.9. The molecule has 1 unspecified atom stereocenters. The summed E-state index contributed by atoms with van der Waals surface area (Å²) in [4.78, 5) is 22.2. The number of benzene rings is 2. The van der Waals surface area contributed by atoms with E-state index in [1.165, 1.54) is 12.1 Å². The third-order valence-corrected chi connectivity index (χ3v) is 3.55. The van der Waals surface area contributed by atoms with Gasteiger partial charge in [0.2, 0.25) is 0 Å². The Kier molecular flexibility index (Phi) is 5.15. The number of aliphatic hydroxyl groups is 1. The Labute approximate surface area is 136 Å². The normalized spacial score (nSPS) is 11.7. The molecule has 0 heterocycles. The summed E-state index contributed by atoms with van der Waals surface area (Å²) in [7, 11) is 0. The Hall–Kier alpha value is -2.64. The van der Waals surface area contributed by atoms with Gasteiger partial charge in [0, 0.05) is 28.8 Å². The molecule has 1 atom stereocenters. The Balaban J connectivity index is 2.07. The second-order valence-electron chi connectivity index (χ2n) is 4.78. The van der Waals surface area contributed by atoms with Gasteiger partial charge in [-0.2, -0.15) is 0 Å². The molecule has 2 aromatic carbocycles. The number of anilines is 1. The van der Waals surface area contributed by atoms with Crippen LogP contribution in [0.5, 0.6) is 0 Å². The zero-order chi connectivity index (χ0) is 17.0. The number of nitrogen functional groups attached to an aromatic ring is 1. The van der Waals surface area contributed by atoms with E-state index in [0.29, 0.717) is 10.6 Å². The van der Waals surface area contributed by atoms with Gasteiger partial charge in [-0.15, -0.1) is 0 Å². The number of nitrogens with two attached hydrogens (primary N) is 1. The molecule has 0 fully saturated rings. The zero-order valence-corrected chi connectivity index (χ0v) is 12.7. The van der Waals surface area contributed by atoms with Crippen LogP contribution in [0.1, 0.15) is 22.0 Å². The summed E-state index contributed by atoms with van der Waals surface area (Å²) in [5.41, 5.74) is 5.67. The zero-order valence-electron chi connectivity index (χ0n) is 11.9. The minimum absolute atomic E-state index is 0.0253.